The molecule has 0 atom stereocenters. The van der Waals surface area contributed by atoms with Gasteiger partial charge in [-0.3, -0.25) is 14.7 Å². The van der Waals surface area contributed by atoms with Crippen molar-refractivity contribution in [2.75, 3.05) is 24.5 Å². The van der Waals surface area contributed by atoms with E-state index in [1.54, 1.807) is 6.20 Å². The zero-order valence-corrected chi connectivity index (χ0v) is 15.4. The molecule has 2 amide bonds. The van der Waals surface area contributed by atoms with Gasteiger partial charge in [-0.15, -0.1) is 0 Å². The Hall–Kier alpha value is -2.63. The van der Waals surface area contributed by atoms with Gasteiger partial charge >= 0.3 is 0 Å². The average Bonchev–Trinajstić information content (AvgIpc) is 3.33. The number of rotatable bonds is 3. The fourth-order valence-corrected chi connectivity index (χ4v) is 4.52. The molecule has 1 spiro atoms. The standard InChI is InChI=1S/C21H24N4O2/c26-19(16-1-2-16)24-10-7-21(8-11-24)9-12-25(20(21)27)18-5-3-15(4-6-18)17-13-22-23-14-17/h3-6,13-14,16H,1-2,7-12H2,(H,22,23). The zero-order chi connectivity index (χ0) is 18.4. The van der Waals surface area contributed by atoms with Crippen LogP contribution in [0.4, 0.5) is 5.69 Å². The van der Waals surface area contributed by atoms with Crippen LogP contribution in [0.2, 0.25) is 0 Å². The maximum absolute atomic E-state index is 13.2. The number of amides is 2. The normalized spacial score (nSPS) is 21.9. The Morgan fingerprint density at radius 2 is 1.74 bits per heavy atom. The average molecular weight is 364 g/mol. The van der Waals surface area contributed by atoms with Crippen molar-refractivity contribution in [2.45, 2.75) is 32.1 Å². The van der Waals surface area contributed by atoms with E-state index in [4.69, 9.17) is 0 Å². The van der Waals surface area contributed by atoms with Gasteiger partial charge in [0, 0.05) is 43.0 Å². The van der Waals surface area contributed by atoms with E-state index in [0.717, 1.165) is 68.6 Å². The topological polar surface area (TPSA) is 69.3 Å². The number of hydrogen-bond acceptors (Lipinski definition) is 3. The summed E-state index contributed by atoms with van der Waals surface area (Å²) >= 11 is 0. The molecular formula is C21H24N4O2. The summed E-state index contributed by atoms with van der Waals surface area (Å²) in [6, 6.07) is 8.11. The lowest BCUT2D eigenvalue weighted by Crippen LogP contribution is -2.47. The Labute approximate surface area is 158 Å². The molecule has 3 aliphatic rings. The van der Waals surface area contributed by atoms with Gasteiger partial charge in [-0.05, 0) is 49.8 Å². The van der Waals surface area contributed by atoms with Crippen LogP contribution in [0.15, 0.2) is 36.7 Å². The molecule has 1 saturated carbocycles. The number of hydrogen-bond donors (Lipinski definition) is 1. The minimum atomic E-state index is -0.274. The SMILES string of the molecule is O=C(C1CC1)N1CCC2(CC1)CCN(c1ccc(-c3cn[nH]c3)cc1)C2=O. The zero-order valence-electron chi connectivity index (χ0n) is 15.4. The molecule has 3 fully saturated rings. The summed E-state index contributed by atoms with van der Waals surface area (Å²) in [6.07, 6.45) is 8.23. The molecule has 27 heavy (non-hydrogen) atoms. The van der Waals surface area contributed by atoms with Crippen LogP contribution in [0, 0.1) is 11.3 Å². The van der Waals surface area contributed by atoms with Crippen molar-refractivity contribution in [1.82, 2.24) is 15.1 Å². The summed E-state index contributed by atoms with van der Waals surface area (Å²) in [5, 5.41) is 6.81. The largest absolute Gasteiger partial charge is 0.342 e. The number of aromatic amines is 1. The molecule has 5 rings (SSSR count). The molecule has 0 bridgehead atoms. The van der Waals surface area contributed by atoms with Crippen LogP contribution in [-0.2, 0) is 9.59 Å². The smallest absolute Gasteiger partial charge is 0.233 e. The Balaban J connectivity index is 1.28. The minimum absolute atomic E-state index is 0.233. The molecule has 2 aromatic rings. The summed E-state index contributed by atoms with van der Waals surface area (Å²) < 4.78 is 0. The second-order valence-electron chi connectivity index (χ2n) is 8.12. The first-order valence-corrected chi connectivity index (χ1v) is 9.86. The van der Waals surface area contributed by atoms with Crippen LogP contribution >= 0.6 is 0 Å². The van der Waals surface area contributed by atoms with Gasteiger partial charge in [-0.25, -0.2) is 0 Å². The van der Waals surface area contributed by atoms with Gasteiger partial charge in [0.1, 0.15) is 0 Å². The van der Waals surface area contributed by atoms with Gasteiger partial charge in [-0.2, -0.15) is 5.10 Å². The maximum Gasteiger partial charge on any atom is 0.233 e. The van der Waals surface area contributed by atoms with Crippen molar-refractivity contribution in [3.8, 4) is 11.1 Å². The highest BCUT2D eigenvalue weighted by molar-refractivity contribution is 6.00. The second-order valence-corrected chi connectivity index (χ2v) is 8.12. The fourth-order valence-electron chi connectivity index (χ4n) is 4.52. The number of piperidine rings is 1. The third kappa shape index (κ3) is 2.83. The van der Waals surface area contributed by atoms with Crippen molar-refractivity contribution in [3.63, 3.8) is 0 Å². The highest BCUT2D eigenvalue weighted by Gasteiger charge is 2.49. The Bertz CT molecular complexity index is 847. The minimum Gasteiger partial charge on any atom is -0.342 e. The molecule has 0 radical (unpaired) electrons. The van der Waals surface area contributed by atoms with Crippen LogP contribution in [0.25, 0.3) is 11.1 Å². The second kappa shape index (κ2) is 6.22. The molecule has 6 nitrogen and oxygen atoms in total. The molecule has 6 heteroatoms. The fraction of sp³-hybridized carbons (Fsp3) is 0.476. The van der Waals surface area contributed by atoms with Gasteiger partial charge in [0.05, 0.1) is 11.6 Å². The van der Waals surface area contributed by atoms with Crippen molar-refractivity contribution < 1.29 is 9.59 Å². The first-order chi connectivity index (χ1) is 13.2. The van der Waals surface area contributed by atoms with E-state index in [2.05, 4.69) is 10.2 Å². The van der Waals surface area contributed by atoms with Gasteiger partial charge in [0.15, 0.2) is 0 Å². The number of carbonyl (C=O) groups is 2. The molecule has 0 unspecified atom stereocenters. The Morgan fingerprint density at radius 1 is 1.04 bits per heavy atom. The molecule has 1 aromatic heterocycles. The predicted molar refractivity (Wildman–Crippen MR) is 102 cm³/mol. The molecule has 1 aromatic carbocycles. The summed E-state index contributed by atoms with van der Waals surface area (Å²) in [5.41, 5.74) is 2.81. The first-order valence-electron chi connectivity index (χ1n) is 9.86. The van der Waals surface area contributed by atoms with Crippen molar-refractivity contribution in [1.29, 1.82) is 0 Å². The number of nitrogens with one attached hydrogen (secondary N) is 1. The third-order valence-electron chi connectivity index (χ3n) is 6.48. The van der Waals surface area contributed by atoms with Gasteiger partial charge < -0.3 is 9.80 Å². The highest BCUT2D eigenvalue weighted by Crippen LogP contribution is 2.44. The lowest BCUT2D eigenvalue weighted by atomic mass is 9.77. The molecule has 1 N–H and O–H groups in total. The number of H-pyrrole nitrogens is 1. The number of anilines is 1. The van der Waals surface area contributed by atoms with E-state index in [1.807, 2.05) is 40.3 Å². The van der Waals surface area contributed by atoms with E-state index in [-0.39, 0.29) is 17.2 Å². The van der Waals surface area contributed by atoms with E-state index in [0.29, 0.717) is 5.91 Å². The quantitative estimate of drug-likeness (QED) is 0.910. The van der Waals surface area contributed by atoms with Crippen LogP contribution in [-0.4, -0.2) is 46.5 Å². The maximum atomic E-state index is 13.2. The molecule has 2 saturated heterocycles. The number of likely N-dealkylation sites (tertiary alicyclic amines) is 1. The first kappa shape index (κ1) is 16.5. The summed E-state index contributed by atoms with van der Waals surface area (Å²) in [7, 11) is 0. The van der Waals surface area contributed by atoms with Crippen molar-refractivity contribution in [2.24, 2.45) is 11.3 Å². The van der Waals surface area contributed by atoms with Gasteiger partial charge in [0.2, 0.25) is 11.8 Å². The number of aromatic nitrogens is 2. The third-order valence-corrected chi connectivity index (χ3v) is 6.48. The number of benzene rings is 1. The van der Waals surface area contributed by atoms with Crippen LogP contribution in [0.3, 0.4) is 0 Å². The monoisotopic (exact) mass is 364 g/mol. The lowest BCUT2D eigenvalue weighted by molar-refractivity contribution is -0.138. The van der Waals surface area contributed by atoms with Crippen molar-refractivity contribution >= 4 is 17.5 Å². The van der Waals surface area contributed by atoms with Crippen molar-refractivity contribution in [3.05, 3.63) is 36.7 Å². The van der Waals surface area contributed by atoms with E-state index >= 15 is 0 Å². The summed E-state index contributed by atoms with van der Waals surface area (Å²) in [6.45, 7) is 2.23. The molecule has 2 aliphatic heterocycles. The van der Waals surface area contributed by atoms with Gasteiger partial charge in [0.25, 0.3) is 0 Å². The van der Waals surface area contributed by atoms with Gasteiger partial charge in [-0.1, -0.05) is 12.1 Å². The van der Waals surface area contributed by atoms with E-state index in [9.17, 15) is 9.59 Å². The number of nitrogens with zero attached hydrogens (tertiary/aromatic N) is 3. The predicted octanol–water partition coefficient (Wildman–Crippen LogP) is 2.83. The lowest BCUT2D eigenvalue weighted by Gasteiger charge is -2.38. The highest BCUT2D eigenvalue weighted by atomic mass is 16.2. The van der Waals surface area contributed by atoms with E-state index < -0.39 is 0 Å². The summed E-state index contributed by atoms with van der Waals surface area (Å²) in [4.78, 5) is 29.4. The molecule has 3 heterocycles. The van der Waals surface area contributed by atoms with Crippen LogP contribution < -0.4 is 4.90 Å². The Morgan fingerprint density at radius 3 is 2.37 bits per heavy atom. The molecular weight excluding hydrogens is 340 g/mol. The van der Waals surface area contributed by atoms with E-state index in [1.165, 1.54) is 0 Å². The molecule has 1 aliphatic carbocycles. The molecule has 140 valence electrons. The summed E-state index contributed by atoms with van der Waals surface area (Å²) in [5.74, 6) is 0.808. The Kier molecular flexibility index (Phi) is 3.81. The van der Waals surface area contributed by atoms with Crippen LogP contribution in [0.1, 0.15) is 32.1 Å². The van der Waals surface area contributed by atoms with Crippen LogP contribution in [0.5, 0.6) is 0 Å². The number of carbonyl (C=O) groups excluding carboxylic acids is 2.